The summed E-state index contributed by atoms with van der Waals surface area (Å²) in [7, 11) is 0. The second kappa shape index (κ2) is 7.13. The largest absolute Gasteiger partial charge is 0.478 e. The molecule has 1 aromatic rings. The number of hydrogen-bond acceptors (Lipinski definition) is 4. The Morgan fingerprint density at radius 3 is 1.44 bits per heavy atom. The quantitative estimate of drug-likeness (QED) is 0.633. The number of aromatic carboxylic acids is 2. The molecule has 86 valence electrons. The standard InChI is InChI=1S/C8H6O4.C2H5NO/c9-7(10)5-1-2-6(4-3-5)8(11)12;3-1-2-4/h1-4H,(H,9,10)(H,11,12);2H,1,3H2. The Hall–Kier alpha value is -2.21. The van der Waals surface area contributed by atoms with Crippen LogP contribution in [0.5, 0.6) is 0 Å². The molecule has 1 rings (SSSR count). The molecule has 0 radical (unpaired) electrons. The fourth-order valence-electron chi connectivity index (χ4n) is 0.755. The molecular weight excluding hydrogens is 214 g/mol. The smallest absolute Gasteiger partial charge is 0.335 e. The molecule has 1 aromatic carbocycles. The molecular formula is C10H11NO5. The summed E-state index contributed by atoms with van der Waals surface area (Å²) in [6.45, 7) is 0.139. The lowest BCUT2D eigenvalue weighted by Crippen LogP contribution is -1.99. The summed E-state index contributed by atoms with van der Waals surface area (Å²) >= 11 is 0. The van der Waals surface area contributed by atoms with E-state index in [2.05, 4.69) is 5.73 Å². The molecule has 0 unspecified atom stereocenters. The highest BCUT2D eigenvalue weighted by Crippen LogP contribution is 2.03. The van der Waals surface area contributed by atoms with Crippen LogP contribution in [0.2, 0.25) is 0 Å². The van der Waals surface area contributed by atoms with Crippen LogP contribution in [0.4, 0.5) is 0 Å². The van der Waals surface area contributed by atoms with Gasteiger partial charge in [-0.1, -0.05) is 0 Å². The predicted octanol–water partition coefficient (Wildman–Crippen LogP) is 0.227. The zero-order valence-corrected chi connectivity index (χ0v) is 8.29. The van der Waals surface area contributed by atoms with Gasteiger partial charge in [0.15, 0.2) is 0 Å². The van der Waals surface area contributed by atoms with Crippen LogP contribution in [0.3, 0.4) is 0 Å². The minimum Gasteiger partial charge on any atom is -0.478 e. The lowest BCUT2D eigenvalue weighted by molar-refractivity contribution is -0.106. The van der Waals surface area contributed by atoms with Crippen molar-refractivity contribution in [3.8, 4) is 0 Å². The maximum Gasteiger partial charge on any atom is 0.335 e. The third kappa shape index (κ3) is 4.87. The van der Waals surface area contributed by atoms with Crippen molar-refractivity contribution in [3.05, 3.63) is 35.4 Å². The molecule has 0 aliphatic heterocycles. The van der Waals surface area contributed by atoms with Gasteiger partial charge < -0.3 is 20.7 Å². The number of hydrogen-bond donors (Lipinski definition) is 3. The van der Waals surface area contributed by atoms with E-state index in [4.69, 9.17) is 15.0 Å². The van der Waals surface area contributed by atoms with E-state index in [0.717, 1.165) is 0 Å². The summed E-state index contributed by atoms with van der Waals surface area (Å²) in [4.78, 5) is 29.7. The summed E-state index contributed by atoms with van der Waals surface area (Å²) < 4.78 is 0. The Morgan fingerprint density at radius 1 is 1.06 bits per heavy atom. The first-order valence-electron chi connectivity index (χ1n) is 4.23. The predicted molar refractivity (Wildman–Crippen MR) is 55.5 cm³/mol. The van der Waals surface area contributed by atoms with Crippen molar-refractivity contribution in [2.75, 3.05) is 6.54 Å². The minimum atomic E-state index is -1.06. The molecule has 0 heterocycles. The van der Waals surface area contributed by atoms with Gasteiger partial charge in [-0.3, -0.25) is 0 Å². The highest BCUT2D eigenvalue weighted by Gasteiger charge is 2.04. The number of rotatable bonds is 3. The summed E-state index contributed by atoms with van der Waals surface area (Å²) in [6, 6.07) is 5.02. The third-order valence-corrected chi connectivity index (χ3v) is 1.48. The Labute approximate surface area is 91.3 Å². The molecule has 6 heteroatoms. The molecule has 0 aliphatic rings. The van der Waals surface area contributed by atoms with Crippen molar-refractivity contribution in [3.63, 3.8) is 0 Å². The highest BCUT2D eigenvalue weighted by molar-refractivity contribution is 5.91. The SMILES string of the molecule is NCC=O.O=C(O)c1ccc(C(=O)O)cc1. The van der Waals surface area contributed by atoms with E-state index in [-0.39, 0.29) is 17.7 Å². The monoisotopic (exact) mass is 225 g/mol. The molecule has 0 amide bonds. The van der Waals surface area contributed by atoms with Crippen LogP contribution in [-0.2, 0) is 4.79 Å². The number of carboxylic acids is 2. The number of aldehydes is 1. The van der Waals surface area contributed by atoms with Gasteiger partial charge in [-0.2, -0.15) is 0 Å². The third-order valence-electron chi connectivity index (χ3n) is 1.48. The lowest BCUT2D eigenvalue weighted by atomic mass is 10.1. The molecule has 6 nitrogen and oxygen atoms in total. The number of carboxylic acid groups (broad SMARTS) is 2. The van der Waals surface area contributed by atoms with Gasteiger partial charge in [0, 0.05) is 6.54 Å². The number of carbonyl (C=O) groups excluding carboxylic acids is 1. The van der Waals surface area contributed by atoms with Gasteiger partial charge in [0.25, 0.3) is 0 Å². The maximum absolute atomic E-state index is 10.3. The Morgan fingerprint density at radius 2 is 1.31 bits per heavy atom. The molecule has 0 saturated heterocycles. The van der Waals surface area contributed by atoms with Crippen LogP contribution in [0.25, 0.3) is 0 Å². The van der Waals surface area contributed by atoms with Gasteiger partial charge in [0.05, 0.1) is 11.1 Å². The molecule has 0 spiro atoms. The molecule has 0 atom stereocenters. The van der Waals surface area contributed by atoms with E-state index in [1.54, 1.807) is 0 Å². The Balaban J connectivity index is 0.000000487. The molecule has 0 fully saturated rings. The van der Waals surface area contributed by atoms with E-state index in [1.165, 1.54) is 24.3 Å². The van der Waals surface area contributed by atoms with Crippen LogP contribution in [0.1, 0.15) is 20.7 Å². The molecule has 0 saturated carbocycles. The number of benzene rings is 1. The van der Waals surface area contributed by atoms with Gasteiger partial charge in [-0.15, -0.1) is 0 Å². The fourth-order valence-corrected chi connectivity index (χ4v) is 0.755. The van der Waals surface area contributed by atoms with Gasteiger partial charge in [-0.25, -0.2) is 9.59 Å². The Kier molecular flexibility index (Phi) is 6.15. The van der Waals surface area contributed by atoms with E-state index >= 15 is 0 Å². The highest BCUT2D eigenvalue weighted by atomic mass is 16.4. The first kappa shape index (κ1) is 13.8. The zero-order valence-electron chi connectivity index (χ0n) is 8.29. The van der Waals surface area contributed by atoms with E-state index in [9.17, 15) is 9.59 Å². The number of nitrogens with two attached hydrogens (primary N) is 1. The van der Waals surface area contributed by atoms with Gasteiger partial charge in [-0.05, 0) is 24.3 Å². The van der Waals surface area contributed by atoms with Crippen LogP contribution >= 0.6 is 0 Å². The van der Waals surface area contributed by atoms with Crippen LogP contribution in [0, 0.1) is 0 Å². The fraction of sp³-hybridized carbons (Fsp3) is 0.100. The number of carbonyl (C=O) groups is 3. The molecule has 0 aromatic heterocycles. The van der Waals surface area contributed by atoms with Crippen LogP contribution in [-0.4, -0.2) is 35.0 Å². The van der Waals surface area contributed by atoms with Crippen molar-refractivity contribution in [1.82, 2.24) is 0 Å². The van der Waals surface area contributed by atoms with E-state index in [1.807, 2.05) is 0 Å². The van der Waals surface area contributed by atoms with Gasteiger partial charge in [0.1, 0.15) is 6.29 Å². The minimum absolute atomic E-state index is 0.0833. The summed E-state index contributed by atoms with van der Waals surface area (Å²) in [5.74, 6) is -2.13. The Bertz CT molecular complexity index is 338. The lowest BCUT2D eigenvalue weighted by Gasteiger charge is -1.94. The van der Waals surface area contributed by atoms with Crippen molar-refractivity contribution in [1.29, 1.82) is 0 Å². The molecule has 16 heavy (non-hydrogen) atoms. The molecule has 4 N–H and O–H groups in total. The maximum atomic E-state index is 10.3. The van der Waals surface area contributed by atoms with Gasteiger partial charge >= 0.3 is 11.9 Å². The average Bonchev–Trinajstić information content (AvgIpc) is 2.29. The second-order valence-corrected chi connectivity index (χ2v) is 2.59. The van der Waals surface area contributed by atoms with Crippen molar-refractivity contribution < 1.29 is 24.6 Å². The zero-order chi connectivity index (χ0) is 12.6. The van der Waals surface area contributed by atoms with Crippen molar-refractivity contribution >= 4 is 18.2 Å². The van der Waals surface area contributed by atoms with E-state index in [0.29, 0.717) is 6.29 Å². The van der Waals surface area contributed by atoms with Crippen LogP contribution in [0.15, 0.2) is 24.3 Å². The van der Waals surface area contributed by atoms with Crippen LogP contribution < -0.4 is 5.73 Å². The topological polar surface area (TPSA) is 118 Å². The van der Waals surface area contributed by atoms with E-state index < -0.39 is 11.9 Å². The normalized spacial score (nSPS) is 8.56. The first-order valence-corrected chi connectivity index (χ1v) is 4.23. The molecule has 0 bridgehead atoms. The first-order chi connectivity index (χ1) is 7.52. The van der Waals surface area contributed by atoms with Gasteiger partial charge in [0.2, 0.25) is 0 Å². The summed E-state index contributed by atoms with van der Waals surface area (Å²) in [5, 5.41) is 16.9. The van der Waals surface area contributed by atoms with Crippen molar-refractivity contribution in [2.45, 2.75) is 0 Å². The molecule has 0 aliphatic carbocycles. The summed E-state index contributed by atoms with van der Waals surface area (Å²) in [6.07, 6.45) is 0.653. The average molecular weight is 225 g/mol. The van der Waals surface area contributed by atoms with Crippen molar-refractivity contribution in [2.24, 2.45) is 5.73 Å². The second-order valence-electron chi connectivity index (χ2n) is 2.59. The summed E-state index contributed by atoms with van der Waals surface area (Å²) in [5.41, 5.74) is 4.83.